The van der Waals surface area contributed by atoms with Crippen LogP contribution in [0, 0.1) is 5.82 Å². The molecule has 0 aliphatic carbocycles. The first kappa shape index (κ1) is 11.0. The van der Waals surface area contributed by atoms with E-state index in [1.54, 1.807) is 6.07 Å². The van der Waals surface area contributed by atoms with Gasteiger partial charge in [-0.05, 0) is 31.0 Å². The molecule has 0 amide bonds. The molecule has 1 fully saturated rings. The van der Waals surface area contributed by atoms with Crippen LogP contribution < -0.4 is 10.1 Å². The molecule has 0 aromatic heterocycles. The van der Waals surface area contributed by atoms with Gasteiger partial charge in [-0.2, -0.15) is 0 Å². The number of ether oxygens (including phenoxy) is 2. The molecule has 2 heterocycles. The fraction of sp³-hybridized carbons (Fsp3) is 0.538. The number of benzene rings is 1. The Labute approximate surface area is 99.9 Å². The van der Waals surface area contributed by atoms with Crippen molar-refractivity contribution in [2.45, 2.75) is 31.6 Å². The minimum Gasteiger partial charge on any atom is -0.494 e. The van der Waals surface area contributed by atoms with Crippen molar-refractivity contribution >= 4 is 0 Å². The van der Waals surface area contributed by atoms with Gasteiger partial charge in [-0.15, -0.1) is 0 Å². The second-order valence-corrected chi connectivity index (χ2v) is 4.57. The van der Waals surface area contributed by atoms with E-state index in [1.165, 1.54) is 7.11 Å². The highest BCUT2D eigenvalue weighted by atomic mass is 19.1. The van der Waals surface area contributed by atoms with Gasteiger partial charge in [-0.3, -0.25) is 0 Å². The molecule has 1 N–H and O–H groups in total. The van der Waals surface area contributed by atoms with Crippen LogP contribution in [0.15, 0.2) is 12.1 Å². The molecule has 1 aromatic carbocycles. The van der Waals surface area contributed by atoms with Crippen molar-refractivity contribution < 1.29 is 13.9 Å². The van der Waals surface area contributed by atoms with E-state index in [9.17, 15) is 4.39 Å². The molecule has 4 heteroatoms. The van der Waals surface area contributed by atoms with Crippen molar-refractivity contribution in [1.82, 2.24) is 5.32 Å². The summed E-state index contributed by atoms with van der Waals surface area (Å²) in [7, 11) is 1.48. The van der Waals surface area contributed by atoms with Crippen molar-refractivity contribution in [3.05, 3.63) is 29.1 Å². The fourth-order valence-corrected chi connectivity index (χ4v) is 2.75. The Morgan fingerprint density at radius 3 is 3.18 bits per heavy atom. The predicted octanol–water partition coefficient (Wildman–Crippen LogP) is 2.16. The van der Waals surface area contributed by atoms with E-state index in [4.69, 9.17) is 9.47 Å². The van der Waals surface area contributed by atoms with Gasteiger partial charge >= 0.3 is 0 Å². The molecule has 2 atom stereocenters. The molecule has 3 nitrogen and oxygen atoms in total. The van der Waals surface area contributed by atoms with Crippen molar-refractivity contribution in [1.29, 1.82) is 0 Å². The molecule has 1 aromatic rings. The van der Waals surface area contributed by atoms with Crippen molar-refractivity contribution in [2.24, 2.45) is 0 Å². The second-order valence-electron chi connectivity index (χ2n) is 4.57. The lowest BCUT2D eigenvalue weighted by Crippen LogP contribution is -2.42. The third-order valence-electron chi connectivity index (χ3n) is 3.64. The summed E-state index contributed by atoms with van der Waals surface area (Å²) in [4.78, 5) is 0. The number of methoxy groups -OCH3 is 1. The molecule has 17 heavy (non-hydrogen) atoms. The first-order valence-corrected chi connectivity index (χ1v) is 6.01. The fourth-order valence-electron chi connectivity index (χ4n) is 2.75. The molecule has 0 bridgehead atoms. The average Bonchev–Trinajstić information content (AvgIpc) is 2.39. The Bertz CT molecular complexity index is 436. The van der Waals surface area contributed by atoms with Gasteiger partial charge in [0.25, 0.3) is 0 Å². The van der Waals surface area contributed by atoms with Gasteiger partial charge in [0.1, 0.15) is 0 Å². The number of hydrogen-bond donors (Lipinski definition) is 1. The third kappa shape index (κ3) is 1.72. The Morgan fingerprint density at radius 2 is 2.35 bits per heavy atom. The van der Waals surface area contributed by atoms with Gasteiger partial charge in [-0.1, -0.05) is 6.07 Å². The SMILES string of the molecule is COc1ccc2c(c1F)CO[C@H]1CCCN[C@@H]21. The van der Waals surface area contributed by atoms with Crippen LogP contribution >= 0.6 is 0 Å². The summed E-state index contributed by atoms with van der Waals surface area (Å²) < 4.78 is 24.8. The van der Waals surface area contributed by atoms with Gasteiger partial charge in [0.2, 0.25) is 0 Å². The molecule has 2 aliphatic heterocycles. The van der Waals surface area contributed by atoms with Crippen molar-refractivity contribution in [3.63, 3.8) is 0 Å². The van der Waals surface area contributed by atoms with E-state index in [2.05, 4.69) is 5.32 Å². The molecule has 2 aliphatic rings. The monoisotopic (exact) mass is 237 g/mol. The summed E-state index contributed by atoms with van der Waals surface area (Å²) in [6.07, 6.45) is 2.35. The number of hydrogen-bond acceptors (Lipinski definition) is 3. The Hall–Kier alpha value is -1.13. The van der Waals surface area contributed by atoms with Gasteiger partial charge in [0.05, 0.1) is 25.9 Å². The average molecular weight is 237 g/mol. The Morgan fingerprint density at radius 1 is 1.47 bits per heavy atom. The minimum absolute atomic E-state index is 0.132. The lowest BCUT2D eigenvalue weighted by molar-refractivity contribution is -0.0195. The number of halogens is 1. The summed E-state index contributed by atoms with van der Waals surface area (Å²) in [6.45, 7) is 1.32. The van der Waals surface area contributed by atoms with E-state index in [0.717, 1.165) is 24.9 Å². The first-order chi connectivity index (χ1) is 8.31. The standard InChI is InChI=1S/C13H16FNO2/c1-16-10-5-4-8-9(12(10)14)7-17-11-3-2-6-15-13(8)11/h4-5,11,13,15H,2-3,6-7H2,1H3/t11-,13-/m0/s1. The lowest BCUT2D eigenvalue weighted by Gasteiger charge is -2.38. The third-order valence-corrected chi connectivity index (χ3v) is 3.64. The Balaban J connectivity index is 2.03. The topological polar surface area (TPSA) is 30.5 Å². The van der Waals surface area contributed by atoms with E-state index >= 15 is 0 Å². The first-order valence-electron chi connectivity index (χ1n) is 6.01. The minimum atomic E-state index is -0.282. The molecule has 1 saturated heterocycles. The number of piperidine rings is 1. The molecule has 92 valence electrons. The van der Waals surface area contributed by atoms with E-state index < -0.39 is 0 Å². The highest BCUT2D eigenvalue weighted by Gasteiger charge is 2.34. The van der Waals surface area contributed by atoms with Crippen LogP contribution in [0.4, 0.5) is 4.39 Å². The zero-order valence-electron chi connectivity index (χ0n) is 9.83. The van der Waals surface area contributed by atoms with E-state index in [0.29, 0.717) is 17.9 Å². The maximum Gasteiger partial charge on any atom is 0.170 e. The van der Waals surface area contributed by atoms with Crippen LogP contribution in [0.25, 0.3) is 0 Å². The smallest absolute Gasteiger partial charge is 0.170 e. The summed E-state index contributed by atoms with van der Waals surface area (Å²) in [5, 5.41) is 3.41. The zero-order chi connectivity index (χ0) is 11.8. The molecule has 0 unspecified atom stereocenters. The molecule has 0 radical (unpaired) electrons. The molecule has 3 rings (SSSR count). The van der Waals surface area contributed by atoms with Crippen molar-refractivity contribution in [2.75, 3.05) is 13.7 Å². The summed E-state index contributed by atoms with van der Waals surface area (Å²) in [5.41, 5.74) is 1.67. The molecular formula is C13H16FNO2. The number of rotatable bonds is 1. The summed E-state index contributed by atoms with van der Waals surface area (Å²) in [5.74, 6) is 0.0115. The van der Waals surface area contributed by atoms with Crippen LogP contribution in [-0.2, 0) is 11.3 Å². The predicted molar refractivity (Wildman–Crippen MR) is 61.5 cm³/mol. The van der Waals surface area contributed by atoms with Gasteiger partial charge in [0, 0.05) is 5.56 Å². The highest BCUT2D eigenvalue weighted by molar-refractivity contribution is 5.40. The van der Waals surface area contributed by atoms with Crippen LogP contribution in [0.5, 0.6) is 5.75 Å². The van der Waals surface area contributed by atoms with Gasteiger partial charge < -0.3 is 14.8 Å². The summed E-state index contributed by atoms with van der Waals surface area (Å²) in [6, 6.07) is 3.79. The van der Waals surface area contributed by atoms with Crippen LogP contribution in [0.2, 0.25) is 0 Å². The van der Waals surface area contributed by atoms with Crippen molar-refractivity contribution in [3.8, 4) is 5.75 Å². The lowest BCUT2D eigenvalue weighted by atomic mass is 9.89. The van der Waals surface area contributed by atoms with Crippen LogP contribution in [-0.4, -0.2) is 19.8 Å². The number of fused-ring (bicyclic) bond motifs is 3. The number of nitrogens with one attached hydrogen (secondary N) is 1. The van der Waals surface area contributed by atoms with E-state index in [-0.39, 0.29) is 18.0 Å². The molecule has 0 spiro atoms. The normalized spacial score (nSPS) is 27.2. The van der Waals surface area contributed by atoms with Crippen LogP contribution in [0.1, 0.15) is 30.0 Å². The second kappa shape index (κ2) is 4.27. The van der Waals surface area contributed by atoms with Crippen LogP contribution in [0.3, 0.4) is 0 Å². The molecule has 0 saturated carbocycles. The maximum atomic E-state index is 14.1. The Kier molecular flexibility index (Phi) is 2.76. The van der Waals surface area contributed by atoms with E-state index in [1.807, 2.05) is 6.07 Å². The highest BCUT2D eigenvalue weighted by Crippen LogP contribution is 2.37. The molecular weight excluding hydrogens is 221 g/mol. The summed E-state index contributed by atoms with van der Waals surface area (Å²) >= 11 is 0. The quantitative estimate of drug-likeness (QED) is 0.812. The maximum absolute atomic E-state index is 14.1. The van der Waals surface area contributed by atoms with Gasteiger partial charge in [0.15, 0.2) is 11.6 Å². The largest absolute Gasteiger partial charge is 0.494 e. The van der Waals surface area contributed by atoms with Gasteiger partial charge in [-0.25, -0.2) is 4.39 Å². The zero-order valence-corrected chi connectivity index (χ0v) is 9.83.